The summed E-state index contributed by atoms with van der Waals surface area (Å²) in [5.74, 6) is -1.12. The van der Waals surface area contributed by atoms with Crippen LogP contribution in [0, 0.1) is 10.1 Å². The molecule has 1 aromatic heterocycles. The first-order valence-corrected chi connectivity index (χ1v) is 8.91. The van der Waals surface area contributed by atoms with Gasteiger partial charge in [-0.25, -0.2) is 0 Å². The normalized spacial score (nSPS) is 10.5. The molecule has 0 fully saturated rings. The Hall–Kier alpha value is -4.21. The number of ether oxygens (including phenoxy) is 1. The van der Waals surface area contributed by atoms with E-state index in [2.05, 4.69) is 10.4 Å². The molecule has 0 saturated heterocycles. The number of para-hydroxylation sites is 2. The molecular weight excluding hydrogens is 392 g/mol. The Morgan fingerprint density at radius 2 is 2.00 bits per heavy atom. The van der Waals surface area contributed by atoms with Gasteiger partial charge in [0.05, 0.1) is 12.0 Å². The summed E-state index contributed by atoms with van der Waals surface area (Å²) in [4.78, 5) is 35.7. The summed E-state index contributed by atoms with van der Waals surface area (Å²) in [6.45, 7) is 1.78. The van der Waals surface area contributed by atoms with Crippen LogP contribution in [0.25, 0.3) is 5.69 Å². The van der Waals surface area contributed by atoms with E-state index in [9.17, 15) is 24.8 Å². The quantitative estimate of drug-likeness (QED) is 0.471. The molecule has 0 bridgehead atoms. The number of methoxy groups -OCH3 is 1. The number of nitro groups is 1. The third kappa shape index (κ3) is 3.97. The van der Waals surface area contributed by atoms with E-state index in [1.807, 2.05) is 0 Å². The molecular formula is C20H18N4O6. The molecule has 0 unspecified atom stereocenters. The second kappa shape index (κ2) is 8.43. The summed E-state index contributed by atoms with van der Waals surface area (Å²) < 4.78 is 6.14. The summed E-state index contributed by atoms with van der Waals surface area (Å²) in [6.07, 6.45) is 0.455. The summed E-state index contributed by atoms with van der Waals surface area (Å²) >= 11 is 0. The molecule has 10 nitrogen and oxygen atoms in total. The predicted molar refractivity (Wildman–Crippen MR) is 108 cm³/mol. The maximum absolute atomic E-state index is 12.7. The van der Waals surface area contributed by atoms with Crippen LogP contribution in [0.4, 0.5) is 11.4 Å². The molecule has 10 heteroatoms. The van der Waals surface area contributed by atoms with E-state index in [0.717, 1.165) is 10.7 Å². The molecule has 0 aliphatic carbocycles. The van der Waals surface area contributed by atoms with Crippen LogP contribution in [0.15, 0.2) is 53.3 Å². The molecule has 154 valence electrons. The molecule has 3 aromatic rings. The SMILES string of the molecule is CCc1ccc(NC(=O)c2nn(-c3ccccc3OC)c(=O)cc2O)cc1[N+](=O)[O-]. The number of nitrogens with one attached hydrogen (secondary N) is 1. The first-order valence-electron chi connectivity index (χ1n) is 8.91. The lowest BCUT2D eigenvalue weighted by molar-refractivity contribution is -0.385. The van der Waals surface area contributed by atoms with Crippen LogP contribution in [0.3, 0.4) is 0 Å². The molecule has 0 spiro atoms. The number of aromatic hydroxyl groups is 1. The Labute approximate surface area is 170 Å². The van der Waals surface area contributed by atoms with E-state index in [1.54, 1.807) is 31.2 Å². The number of benzene rings is 2. The molecule has 30 heavy (non-hydrogen) atoms. The molecule has 0 aliphatic rings. The fourth-order valence-electron chi connectivity index (χ4n) is 2.89. The summed E-state index contributed by atoms with van der Waals surface area (Å²) in [5, 5.41) is 27.7. The zero-order valence-corrected chi connectivity index (χ0v) is 16.2. The van der Waals surface area contributed by atoms with Crippen LogP contribution in [0.1, 0.15) is 23.0 Å². The first kappa shape index (κ1) is 20.5. The van der Waals surface area contributed by atoms with Gasteiger partial charge in [0, 0.05) is 23.4 Å². The van der Waals surface area contributed by atoms with E-state index < -0.39 is 27.8 Å². The number of carbonyl (C=O) groups is 1. The molecule has 0 saturated carbocycles. The highest BCUT2D eigenvalue weighted by atomic mass is 16.6. The third-order valence-corrected chi connectivity index (χ3v) is 4.36. The van der Waals surface area contributed by atoms with Crippen molar-refractivity contribution in [3.63, 3.8) is 0 Å². The van der Waals surface area contributed by atoms with Crippen LogP contribution in [0.5, 0.6) is 11.5 Å². The summed E-state index contributed by atoms with van der Waals surface area (Å²) in [6, 6.07) is 11.7. The first-order chi connectivity index (χ1) is 14.3. The van der Waals surface area contributed by atoms with E-state index >= 15 is 0 Å². The van der Waals surface area contributed by atoms with Crippen LogP contribution in [-0.4, -0.2) is 32.8 Å². The van der Waals surface area contributed by atoms with Gasteiger partial charge in [-0.3, -0.25) is 19.7 Å². The van der Waals surface area contributed by atoms with Crippen molar-refractivity contribution in [3.8, 4) is 17.2 Å². The Bertz CT molecular complexity index is 1190. The molecule has 0 radical (unpaired) electrons. The van der Waals surface area contributed by atoms with E-state index in [0.29, 0.717) is 17.7 Å². The van der Waals surface area contributed by atoms with Gasteiger partial charge < -0.3 is 15.2 Å². The maximum atomic E-state index is 12.7. The van der Waals surface area contributed by atoms with Gasteiger partial charge in [0.2, 0.25) is 0 Å². The average molecular weight is 410 g/mol. The number of nitrogens with zero attached hydrogens (tertiary/aromatic N) is 3. The van der Waals surface area contributed by atoms with Gasteiger partial charge in [-0.15, -0.1) is 0 Å². The largest absolute Gasteiger partial charge is 0.505 e. The van der Waals surface area contributed by atoms with Gasteiger partial charge in [0.1, 0.15) is 11.4 Å². The maximum Gasteiger partial charge on any atom is 0.279 e. The highest BCUT2D eigenvalue weighted by Crippen LogP contribution is 2.25. The number of aryl methyl sites for hydroxylation is 1. The lowest BCUT2D eigenvalue weighted by Crippen LogP contribution is -2.25. The number of nitro benzene ring substituents is 1. The molecule has 1 heterocycles. The second-order valence-electron chi connectivity index (χ2n) is 6.21. The van der Waals surface area contributed by atoms with Crippen molar-refractivity contribution in [1.82, 2.24) is 9.78 Å². The van der Waals surface area contributed by atoms with Crippen molar-refractivity contribution < 1.29 is 19.6 Å². The number of hydrogen-bond acceptors (Lipinski definition) is 7. The van der Waals surface area contributed by atoms with E-state index in [-0.39, 0.29) is 17.1 Å². The van der Waals surface area contributed by atoms with Gasteiger partial charge in [-0.1, -0.05) is 25.1 Å². The minimum Gasteiger partial charge on any atom is -0.505 e. The van der Waals surface area contributed by atoms with Gasteiger partial charge in [0.25, 0.3) is 17.2 Å². The highest BCUT2D eigenvalue weighted by molar-refractivity contribution is 6.04. The highest BCUT2D eigenvalue weighted by Gasteiger charge is 2.20. The van der Waals surface area contributed by atoms with Gasteiger partial charge >= 0.3 is 0 Å². The minimum atomic E-state index is -0.838. The van der Waals surface area contributed by atoms with E-state index in [1.165, 1.54) is 25.3 Å². The number of anilines is 1. The Morgan fingerprint density at radius 1 is 1.27 bits per heavy atom. The van der Waals surface area contributed by atoms with Gasteiger partial charge in [-0.05, 0) is 24.6 Å². The smallest absolute Gasteiger partial charge is 0.279 e. The fourth-order valence-corrected chi connectivity index (χ4v) is 2.89. The summed E-state index contributed by atoms with van der Waals surface area (Å²) in [5.41, 5.74) is -0.281. The predicted octanol–water partition coefficient (Wildman–Crippen LogP) is 2.67. The summed E-state index contributed by atoms with van der Waals surface area (Å²) in [7, 11) is 1.42. The average Bonchev–Trinajstić information content (AvgIpc) is 2.73. The zero-order chi connectivity index (χ0) is 21.8. The van der Waals surface area contributed by atoms with Gasteiger partial charge in [-0.2, -0.15) is 9.78 Å². The van der Waals surface area contributed by atoms with Crippen molar-refractivity contribution in [2.24, 2.45) is 0 Å². The van der Waals surface area contributed by atoms with Crippen molar-refractivity contribution in [2.45, 2.75) is 13.3 Å². The fraction of sp³-hybridized carbons (Fsp3) is 0.150. The zero-order valence-electron chi connectivity index (χ0n) is 16.2. The Kier molecular flexibility index (Phi) is 5.77. The molecule has 2 N–H and O–H groups in total. The molecule has 0 atom stereocenters. The molecule has 3 rings (SSSR count). The monoisotopic (exact) mass is 410 g/mol. The molecule has 2 aromatic carbocycles. The number of amides is 1. The number of rotatable bonds is 6. The van der Waals surface area contributed by atoms with Gasteiger partial charge in [0.15, 0.2) is 11.4 Å². The number of aromatic nitrogens is 2. The van der Waals surface area contributed by atoms with Crippen LogP contribution >= 0.6 is 0 Å². The molecule has 0 aliphatic heterocycles. The Balaban J connectivity index is 2.00. The van der Waals surface area contributed by atoms with Crippen LogP contribution in [-0.2, 0) is 6.42 Å². The van der Waals surface area contributed by atoms with E-state index in [4.69, 9.17) is 4.74 Å². The Morgan fingerprint density at radius 3 is 2.67 bits per heavy atom. The standard InChI is InChI=1S/C20H18N4O6/c1-3-12-8-9-13(10-15(12)24(28)29)21-20(27)19-16(25)11-18(26)23(22-19)14-6-4-5-7-17(14)30-2/h4-11,25H,3H2,1-2H3,(H,21,27). The topological polar surface area (TPSA) is 137 Å². The molecule has 1 amide bonds. The van der Waals surface area contributed by atoms with Crippen molar-refractivity contribution in [3.05, 3.63) is 80.3 Å². The van der Waals surface area contributed by atoms with Crippen LogP contribution < -0.4 is 15.6 Å². The number of hydrogen-bond donors (Lipinski definition) is 2. The van der Waals surface area contributed by atoms with Crippen molar-refractivity contribution in [1.29, 1.82) is 0 Å². The van der Waals surface area contributed by atoms with Crippen molar-refractivity contribution in [2.75, 3.05) is 12.4 Å². The lowest BCUT2D eigenvalue weighted by atomic mass is 10.1. The minimum absolute atomic E-state index is 0.133. The second-order valence-corrected chi connectivity index (χ2v) is 6.21. The van der Waals surface area contributed by atoms with Crippen LogP contribution in [0.2, 0.25) is 0 Å². The number of carbonyl (C=O) groups excluding carboxylic acids is 1. The third-order valence-electron chi connectivity index (χ3n) is 4.36. The van der Waals surface area contributed by atoms with Crippen molar-refractivity contribution >= 4 is 17.3 Å². The lowest BCUT2D eigenvalue weighted by Gasteiger charge is -2.12.